The number of amides is 1. The van der Waals surface area contributed by atoms with Crippen LogP contribution in [0.2, 0.25) is 5.02 Å². The summed E-state index contributed by atoms with van der Waals surface area (Å²) in [6.07, 6.45) is 0. The van der Waals surface area contributed by atoms with Crippen LogP contribution in [-0.2, 0) is 0 Å². The molecular weight excluding hydrogens is 281 g/mol. The van der Waals surface area contributed by atoms with Gasteiger partial charge in [-0.1, -0.05) is 11.6 Å². The lowest BCUT2D eigenvalue weighted by molar-refractivity contribution is 0.0970. The molecule has 100 valence electrons. The molecule has 1 aromatic carbocycles. The maximum absolute atomic E-state index is 11.8. The molecule has 0 aliphatic heterocycles. The van der Waals surface area contributed by atoms with Crippen LogP contribution in [0, 0.1) is 5.41 Å². The summed E-state index contributed by atoms with van der Waals surface area (Å²) < 4.78 is 10.1. The molecule has 0 aromatic heterocycles. The number of methoxy groups -OCH3 is 2. The van der Waals surface area contributed by atoms with E-state index in [0.29, 0.717) is 0 Å². The van der Waals surface area contributed by atoms with Gasteiger partial charge in [-0.05, 0) is 12.1 Å². The van der Waals surface area contributed by atoms with E-state index in [-0.39, 0.29) is 34.5 Å². The Balaban J connectivity index is 0.00000289. The Hall–Kier alpha value is -1.66. The fourth-order valence-electron chi connectivity index (χ4n) is 1.31. The quantitative estimate of drug-likeness (QED) is 0.580. The molecule has 0 bridgehead atoms. The van der Waals surface area contributed by atoms with Crippen molar-refractivity contribution in [3.05, 3.63) is 22.7 Å². The standard InChI is InChI=1S/C10H12ClN3O3.ClH/c1-16-6-4-3-5(11)8(17-2)7(6)9(15)14-10(12)13;/h3-4H,1-2H3,(H4,12,13,14,15);1H. The van der Waals surface area contributed by atoms with Crippen molar-refractivity contribution in [2.45, 2.75) is 0 Å². The summed E-state index contributed by atoms with van der Waals surface area (Å²) in [5.41, 5.74) is 5.18. The molecule has 0 unspecified atom stereocenters. The van der Waals surface area contributed by atoms with Crippen LogP contribution in [0.4, 0.5) is 0 Å². The van der Waals surface area contributed by atoms with Crippen molar-refractivity contribution >= 4 is 35.9 Å². The van der Waals surface area contributed by atoms with Crippen molar-refractivity contribution < 1.29 is 14.3 Å². The summed E-state index contributed by atoms with van der Waals surface area (Å²) in [6.45, 7) is 0. The zero-order chi connectivity index (χ0) is 13.0. The van der Waals surface area contributed by atoms with E-state index in [0.717, 1.165) is 0 Å². The van der Waals surface area contributed by atoms with E-state index in [9.17, 15) is 4.79 Å². The number of ether oxygens (including phenoxy) is 2. The number of guanidine groups is 1. The highest BCUT2D eigenvalue weighted by Crippen LogP contribution is 2.35. The number of hydrogen-bond acceptors (Lipinski definition) is 4. The molecule has 0 saturated heterocycles. The van der Waals surface area contributed by atoms with Crippen LogP contribution in [0.3, 0.4) is 0 Å². The van der Waals surface area contributed by atoms with Gasteiger partial charge in [0.2, 0.25) is 0 Å². The first-order chi connectivity index (χ1) is 8.01. The summed E-state index contributed by atoms with van der Waals surface area (Å²) in [4.78, 5) is 11.8. The highest BCUT2D eigenvalue weighted by atomic mass is 35.5. The molecule has 0 atom stereocenters. The van der Waals surface area contributed by atoms with E-state index in [1.165, 1.54) is 20.3 Å². The number of rotatable bonds is 3. The Labute approximate surface area is 115 Å². The van der Waals surface area contributed by atoms with Gasteiger partial charge in [0.15, 0.2) is 11.7 Å². The van der Waals surface area contributed by atoms with E-state index in [1.54, 1.807) is 6.07 Å². The molecule has 1 amide bonds. The first-order valence-electron chi connectivity index (χ1n) is 4.57. The number of hydrogen-bond donors (Lipinski definition) is 3. The molecule has 1 aromatic rings. The number of halogens is 2. The molecule has 18 heavy (non-hydrogen) atoms. The first kappa shape index (κ1) is 16.3. The van der Waals surface area contributed by atoms with Crippen molar-refractivity contribution in [1.82, 2.24) is 5.32 Å². The Morgan fingerprint density at radius 1 is 1.39 bits per heavy atom. The van der Waals surface area contributed by atoms with Gasteiger partial charge in [-0.15, -0.1) is 12.4 Å². The highest BCUT2D eigenvalue weighted by molar-refractivity contribution is 6.33. The molecular formula is C10H13Cl2N3O3. The summed E-state index contributed by atoms with van der Waals surface area (Å²) in [5.74, 6) is -0.637. The molecule has 4 N–H and O–H groups in total. The van der Waals surface area contributed by atoms with Crippen LogP contribution in [0.25, 0.3) is 0 Å². The minimum atomic E-state index is -0.617. The second kappa shape index (κ2) is 6.93. The molecule has 1 rings (SSSR count). The van der Waals surface area contributed by atoms with Crippen LogP contribution in [0.5, 0.6) is 11.5 Å². The van der Waals surface area contributed by atoms with Gasteiger partial charge < -0.3 is 15.2 Å². The number of carbonyl (C=O) groups excluding carboxylic acids is 1. The monoisotopic (exact) mass is 293 g/mol. The molecule has 0 saturated carbocycles. The molecule has 8 heteroatoms. The first-order valence-corrected chi connectivity index (χ1v) is 4.95. The molecule has 6 nitrogen and oxygen atoms in total. The molecule has 0 aliphatic carbocycles. The second-order valence-electron chi connectivity index (χ2n) is 3.03. The molecule has 0 aliphatic rings. The van der Waals surface area contributed by atoms with Gasteiger partial charge in [-0.25, -0.2) is 0 Å². The zero-order valence-electron chi connectivity index (χ0n) is 9.74. The molecule has 0 spiro atoms. The van der Waals surface area contributed by atoms with Gasteiger partial charge in [-0.3, -0.25) is 15.5 Å². The van der Waals surface area contributed by atoms with Gasteiger partial charge >= 0.3 is 0 Å². The van der Waals surface area contributed by atoms with Crippen molar-refractivity contribution in [3.8, 4) is 11.5 Å². The third-order valence-electron chi connectivity index (χ3n) is 1.97. The number of carbonyl (C=O) groups is 1. The Kier molecular flexibility index (Phi) is 6.29. The van der Waals surface area contributed by atoms with E-state index >= 15 is 0 Å². The fourth-order valence-corrected chi connectivity index (χ4v) is 1.54. The van der Waals surface area contributed by atoms with Crippen LogP contribution < -0.4 is 20.5 Å². The van der Waals surface area contributed by atoms with Gasteiger partial charge in [0.1, 0.15) is 11.3 Å². The third-order valence-corrected chi connectivity index (χ3v) is 2.27. The Morgan fingerprint density at radius 3 is 2.44 bits per heavy atom. The van der Waals surface area contributed by atoms with Crippen molar-refractivity contribution in [2.75, 3.05) is 14.2 Å². The van der Waals surface area contributed by atoms with Crippen LogP contribution in [0.1, 0.15) is 10.4 Å². The van der Waals surface area contributed by atoms with Gasteiger partial charge in [0.05, 0.1) is 19.2 Å². The maximum Gasteiger partial charge on any atom is 0.265 e. The minimum Gasteiger partial charge on any atom is -0.496 e. The van der Waals surface area contributed by atoms with Gasteiger partial charge in [0.25, 0.3) is 5.91 Å². The third kappa shape index (κ3) is 3.41. The van der Waals surface area contributed by atoms with E-state index in [1.807, 2.05) is 0 Å². The van der Waals surface area contributed by atoms with Crippen molar-refractivity contribution in [1.29, 1.82) is 5.41 Å². The average Bonchev–Trinajstić information content (AvgIpc) is 2.27. The Morgan fingerprint density at radius 2 is 2.00 bits per heavy atom. The largest absolute Gasteiger partial charge is 0.496 e. The zero-order valence-corrected chi connectivity index (χ0v) is 11.3. The average molecular weight is 294 g/mol. The summed E-state index contributed by atoms with van der Waals surface area (Å²) in [7, 11) is 2.79. The minimum absolute atomic E-state index is 0. The maximum atomic E-state index is 11.8. The van der Waals surface area contributed by atoms with Gasteiger partial charge in [-0.2, -0.15) is 0 Å². The fraction of sp³-hybridized carbons (Fsp3) is 0.200. The second-order valence-corrected chi connectivity index (χ2v) is 3.43. The lowest BCUT2D eigenvalue weighted by Gasteiger charge is -2.13. The Bertz CT molecular complexity index is 466. The summed E-state index contributed by atoms with van der Waals surface area (Å²) in [5, 5.41) is 9.42. The van der Waals surface area contributed by atoms with Crippen LogP contribution in [0.15, 0.2) is 12.1 Å². The van der Waals surface area contributed by atoms with Crippen LogP contribution in [-0.4, -0.2) is 26.1 Å². The predicted octanol–water partition coefficient (Wildman–Crippen LogP) is 1.40. The van der Waals surface area contributed by atoms with Gasteiger partial charge in [0, 0.05) is 0 Å². The lowest BCUT2D eigenvalue weighted by atomic mass is 10.1. The number of nitrogens with two attached hydrogens (primary N) is 1. The topological polar surface area (TPSA) is 97.4 Å². The normalized spacial score (nSPS) is 9.06. The summed E-state index contributed by atoms with van der Waals surface area (Å²) >= 11 is 5.89. The SMILES string of the molecule is COc1ccc(Cl)c(OC)c1C(=O)NC(=N)N.Cl. The highest BCUT2D eigenvalue weighted by Gasteiger charge is 2.21. The predicted molar refractivity (Wildman–Crippen MR) is 71.2 cm³/mol. The van der Waals surface area contributed by atoms with Crippen molar-refractivity contribution in [2.24, 2.45) is 5.73 Å². The van der Waals surface area contributed by atoms with E-state index in [2.05, 4.69) is 5.32 Å². The van der Waals surface area contributed by atoms with E-state index in [4.69, 9.17) is 32.2 Å². The lowest BCUT2D eigenvalue weighted by Crippen LogP contribution is -2.36. The van der Waals surface area contributed by atoms with Crippen molar-refractivity contribution in [3.63, 3.8) is 0 Å². The smallest absolute Gasteiger partial charge is 0.265 e. The molecule has 0 fully saturated rings. The van der Waals surface area contributed by atoms with E-state index < -0.39 is 11.9 Å². The molecule has 0 heterocycles. The van der Waals surface area contributed by atoms with Crippen LogP contribution >= 0.6 is 24.0 Å². The summed E-state index contributed by atoms with van der Waals surface area (Å²) in [6, 6.07) is 3.07. The molecule has 0 radical (unpaired) electrons. The number of benzene rings is 1. The number of nitrogens with one attached hydrogen (secondary N) is 2.